The average Bonchev–Trinajstić information content (AvgIpc) is 1.69. The molecule has 0 heterocycles. The zero-order valence-electron chi connectivity index (χ0n) is 4.50. The first-order chi connectivity index (χ1) is 3.72. The van der Waals surface area contributed by atoms with E-state index in [9.17, 15) is 4.79 Å². The van der Waals surface area contributed by atoms with Crippen molar-refractivity contribution >= 4 is 23.8 Å². The molecule has 0 rings (SSSR count). The van der Waals surface area contributed by atoms with Crippen LogP contribution >= 0.6 is 12.2 Å². The maximum atomic E-state index is 9.99. The Morgan fingerprint density at radius 3 is 2.50 bits per heavy atom. The normalized spacial score (nSPS) is 8.12. The molecule has 46 valence electrons. The largest absolute Gasteiger partial charge is 0.465 e. The highest BCUT2D eigenvalue weighted by molar-refractivity contribution is 7.78. The molecule has 3 nitrogen and oxygen atoms in total. The summed E-state index contributed by atoms with van der Waals surface area (Å²) in [6, 6.07) is 0. The fourth-order valence-electron chi connectivity index (χ4n) is 0.255. The minimum atomic E-state index is -0.998. The molecule has 0 fully saturated rings. The van der Waals surface area contributed by atoms with Crippen molar-refractivity contribution in [1.29, 1.82) is 0 Å². The number of nitrogens with zero attached hydrogens (tertiary/aromatic N) is 1. The van der Waals surface area contributed by atoms with Crippen LogP contribution in [0.2, 0.25) is 0 Å². The highest BCUT2D eigenvalue weighted by Crippen LogP contribution is 1.81. The summed E-state index contributed by atoms with van der Waals surface area (Å²) < 4.78 is 0. The second-order valence-electron chi connectivity index (χ2n) is 1.17. The summed E-state index contributed by atoms with van der Waals surface area (Å²) in [5.41, 5.74) is 1.11. The van der Waals surface area contributed by atoms with Gasteiger partial charge in [0.15, 0.2) is 0 Å². The van der Waals surface area contributed by atoms with E-state index in [2.05, 4.69) is 12.2 Å². The van der Waals surface area contributed by atoms with Gasteiger partial charge in [0.1, 0.15) is 0 Å². The molecule has 0 atom stereocenters. The minimum Gasteiger partial charge on any atom is -0.465 e. The van der Waals surface area contributed by atoms with E-state index in [0.29, 0.717) is 6.54 Å². The van der Waals surface area contributed by atoms with Gasteiger partial charge < -0.3 is 5.11 Å². The van der Waals surface area contributed by atoms with Crippen molar-refractivity contribution in [1.82, 2.24) is 4.90 Å². The van der Waals surface area contributed by atoms with Crippen LogP contribution in [-0.4, -0.2) is 28.1 Å². The van der Waals surface area contributed by atoms with Crippen LogP contribution in [-0.2, 0) is 0 Å². The van der Waals surface area contributed by atoms with Gasteiger partial charge in [-0.1, -0.05) is 12.2 Å². The minimum absolute atomic E-state index is 0.416. The molecule has 1 amide bonds. The topological polar surface area (TPSA) is 40.5 Å². The molecule has 0 aromatic heterocycles. The maximum absolute atomic E-state index is 9.99. The summed E-state index contributed by atoms with van der Waals surface area (Å²) in [5.74, 6) is 0. The van der Waals surface area contributed by atoms with Crippen molar-refractivity contribution in [3.05, 3.63) is 0 Å². The number of amides is 1. The molecule has 0 aliphatic rings. The summed E-state index contributed by atoms with van der Waals surface area (Å²) in [5, 5.41) is 8.20. The third kappa shape index (κ3) is 1.88. The molecular formula is C4H7NO2S. The Bertz CT molecular complexity index is 104. The van der Waals surface area contributed by atoms with Gasteiger partial charge in [-0.15, -0.1) is 0 Å². The standard InChI is InChI=1S/C4H7NO2S/c1-2-5(3-8)4(6)7/h3H,2H2,1H3,(H,6,7). The van der Waals surface area contributed by atoms with Gasteiger partial charge in [0.25, 0.3) is 0 Å². The Balaban J connectivity index is 3.69. The van der Waals surface area contributed by atoms with Gasteiger partial charge in [-0.2, -0.15) is 0 Å². The van der Waals surface area contributed by atoms with Crippen LogP contribution in [0.1, 0.15) is 6.92 Å². The fourth-order valence-corrected chi connectivity index (χ4v) is 0.494. The third-order valence-electron chi connectivity index (χ3n) is 0.714. The van der Waals surface area contributed by atoms with E-state index in [4.69, 9.17) is 5.11 Å². The molecule has 0 unspecified atom stereocenters. The van der Waals surface area contributed by atoms with Gasteiger partial charge in [0.2, 0.25) is 0 Å². The second-order valence-corrected chi connectivity index (χ2v) is 1.38. The van der Waals surface area contributed by atoms with Gasteiger partial charge >= 0.3 is 6.09 Å². The van der Waals surface area contributed by atoms with Gasteiger partial charge in [-0.05, 0) is 6.92 Å². The predicted molar refractivity (Wildman–Crippen MR) is 34.1 cm³/mol. The second kappa shape index (κ2) is 3.37. The van der Waals surface area contributed by atoms with E-state index in [-0.39, 0.29) is 0 Å². The Morgan fingerprint density at radius 1 is 2.00 bits per heavy atom. The number of thiocarbonyl (C=S) groups is 1. The van der Waals surface area contributed by atoms with Crippen LogP contribution in [0.3, 0.4) is 0 Å². The first-order valence-corrected chi connectivity index (χ1v) is 2.64. The van der Waals surface area contributed by atoms with Gasteiger partial charge in [0.05, 0.1) is 5.49 Å². The molecule has 8 heavy (non-hydrogen) atoms. The molecule has 0 bridgehead atoms. The maximum Gasteiger partial charge on any atom is 0.411 e. The van der Waals surface area contributed by atoms with Crippen LogP contribution < -0.4 is 0 Å². The van der Waals surface area contributed by atoms with Crippen LogP contribution in [0.25, 0.3) is 0 Å². The predicted octanol–water partition coefficient (Wildman–Crippen LogP) is 0.944. The molecule has 0 saturated carbocycles. The van der Waals surface area contributed by atoms with Crippen LogP contribution in [0.15, 0.2) is 0 Å². The average molecular weight is 133 g/mol. The summed E-state index contributed by atoms with van der Waals surface area (Å²) in [7, 11) is 0. The molecule has 0 radical (unpaired) electrons. The Kier molecular flexibility index (Phi) is 3.10. The van der Waals surface area contributed by atoms with E-state index in [1.165, 1.54) is 0 Å². The Morgan fingerprint density at radius 2 is 2.50 bits per heavy atom. The number of carbonyl (C=O) groups is 1. The molecule has 0 saturated heterocycles. The number of rotatable bonds is 2. The lowest BCUT2D eigenvalue weighted by Crippen LogP contribution is -2.26. The SMILES string of the molecule is CCN(C=S)C(=O)O. The fraction of sp³-hybridized carbons (Fsp3) is 0.500. The Labute approximate surface area is 52.9 Å². The first kappa shape index (κ1) is 7.36. The zero-order chi connectivity index (χ0) is 6.57. The lowest BCUT2D eigenvalue weighted by molar-refractivity contribution is 0.172. The van der Waals surface area contributed by atoms with Crippen molar-refractivity contribution in [3.63, 3.8) is 0 Å². The highest BCUT2D eigenvalue weighted by Gasteiger charge is 2.01. The zero-order valence-corrected chi connectivity index (χ0v) is 5.31. The smallest absolute Gasteiger partial charge is 0.411 e. The van der Waals surface area contributed by atoms with Crippen LogP contribution in [0.5, 0.6) is 0 Å². The highest BCUT2D eigenvalue weighted by atomic mass is 32.1. The van der Waals surface area contributed by atoms with Crippen molar-refractivity contribution in [3.8, 4) is 0 Å². The van der Waals surface area contributed by atoms with E-state index in [1.807, 2.05) is 0 Å². The molecule has 4 heteroatoms. The monoisotopic (exact) mass is 133 g/mol. The lowest BCUT2D eigenvalue weighted by Gasteiger charge is -2.06. The van der Waals surface area contributed by atoms with Crippen molar-refractivity contribution in [2.75, 3.05) is 6.54 Å². The van der Waals surface area contributed by atoms with Crippen molar-refractivity contribution < 1.29 is 9.90 Å². The number of hydrogen-bond donors (Lipinski definition) is 1. The van der Waals surface area contributed by atoms with E-state index in [0.717, 1.165) is 10.4 Å². The quantitative estimate of drug-likeness (QED) is 0.570. The third-order valence-corrected chi connectivity index (χ3v) is 0.968. The van der Waals surface area contributed by atoms with Gasteiger partial charge in [-0.25, -0.2) is 4.79 Å². The van der Waals surface area contributed by atoms with Crippen molar-refractivity contribution in [2.45, 2.75) is 6.92 Å². The molecule has 1 N–H and O–H groups in total. The van der Waals surface area contributed by atoms with Crippen LogP contribution in [0, 0.1) is 0 Å². The Hall–Kier alpha value is -0.640. The number of carboxylic acid groups (broad SMARTS) is 1. The molecule has 0 aromatic carbocycles. The van der Waals surface area contributed by atoms with Gasteiger partial charge in [-0.3, -0.25) is 4.90 Å². The van der Waals surface area contributed by atoms with Gasteiger partial charge in [0, 0.05) is 6.54 Å². The summed E-state index contributed by atoms with van der Waals surface area (Å²) in [6.45, 7) is 2.13. The van der Waals surface area contributed by atoms with E-state index in [1.54, 1.807) is 6.92 Å². The van der Waals surface area contributed by atoms with Crippen molar-refractivity contribution in [2.24, 2.45) is 0 Å². The summed E-state index contributed by atoms with van der Waals surface area (Å²) in [6.07, 6.45) is -0.998. The summed E-state index contributed by atoms with van der Waals surface area (Å²) >= 11 is 4.37. The van der Waals surface area contributed by atoms with E-state index < -0.39 is 6.09 Å². The van der Waals surface area contributed by atoms with E-state index >= 15 is 0 Å². The lowest BCUT2D eigenvalue weighted by atomic mass is 10.7. The van der Waals surface area contributed by atoms with Crippen LogP contribution in [0.4, 0.5) is 4.79 Å². The number of hydrogen-bond acceptors (Lipinski definition) is 2. The molecule has 0 aliphatic heterocycles. The first-order valence-electron chi connectivity index (χ1n) is 2.17. The summed E-state index contributed by atoms with van der Waals surface area (Å²) in [4.78, 5) is 11.0. The molecule has 0 aromatic rings. The molecule has 0 aliphatic carbocycles. The molecule has 0 spiro atoms. The molecular weight excluding hydrogens is 126 g/mol.